The van der Waals surface area contributed by atoms with E-state index in [1.54, 1.807) is 0 Å². The van der Waals surface area contributed by atoms with Crippen LogP contribution in [-0.2, 0) is 26.3 Å². The summed E-state index contributed by atoms with van der Waals surface area (Å²) in [4.78, 5) is 10.3. The third-order valence-electron chi connectivity index (χ3n) is 4.79. The first kappa shape index (κ1) is 23.4. The van der Waals surface area contributed by atoms with Gasteiger partial charge in [0.2, 0.25) is 0 Å². The van der Waals surface area contributed by atoms with Crippen molar-refractivity contribution >= 4 is 0 Å². The third kappa shape index (κ3) is 7.81. The van der Waals surface area contributed by atoms with Crippen molar-refractivity contribution in [1.29, 1.82) is 0 Å². The zero-order chi connectivity index (χ0) is 21.3. The molecule has 0 atom stereocenters. The van der Waals surface area contributed by atoms with E-state index >= 15 is 0 Å². The third-order valence-corrected chi connectivity index (χ3v) is 4.79. The minimum atomic E-state index is -0.0882. The van der Waals surface area contributed by atoms with Crippen LogP contribution in [0, 0.1) is 0 Å². The predicted molar refractivity (Wildman–Crippen MR) is 117 cm³/mol. The Balaban J connectivity index is 1.91. The first-order valence-corrected chi connectivity index (χ1v) is 10.5. The summed E-state index contributed by atoms with van der Waals surface area (Å²) in [6.07, 6.45) is 1.15. The number of ether oxygens (including phenoxy) is 2. The van der Waals surface area contributed by atoms with E-state index in [0.717, 1.165) is 12.2 Å². The van der Waals surface area contributed by atoms with Crippen molar-refractivity contribution in [2.45, 2.75) is 65.6 Å². The van der Waals surface area contributed by atoms with Gasteiger partial charge in [-0.25, -0.2) is 9.78 Å². The van der Waals surface area contributed by atoms with Crippen LogP contribution in [0.25, 0.3) is 0 Å². The Morgan fingerprint density at radius 3 is 1.86 bits per heavy atom. The van der Waals surface area contributed by atoms with E-state index in [1.807, 2.05) is 39.8 Å². The molecule has 2 aromatic rings. The minimum Gasteiger partial charge on any atom is -0.491 e. The molecule has 0 heterocycles. The molecule has 0 saturated carbocycles. The molecule has 2 aromatic carbocycles. The van der Waals surface area contributed by atoms with E-state index in [-0.39, 0.29) is 17.6 Å². The summed E-state index contributed by atoms with van der Waals surface area (Å²) in [5.74, 6) is 0.871. The van der Waals surface area contributed by atoms with Crippen molar-refractivity contribution in [2.24, 2.45) is 0 Å². The largest absolute Gasteiger partial charge is 0.491 e. The molecule has 0 amide bonds. The lowest BCUT2D eigenvalue weighted by atomic mass is 9.78. The molecule has 0 bridgehead atoms. The van der Waals surface area contributed by atoms with Crippen LogP contribution in [0.15, 0.2) is 48.5 Å². The van der Waals surface area contributed by atoms with Crippen molar-refractivity contribution in [3.05, 3.63) is 65.2 Å². The van der Waals surface area contributed by atoms with Gasteiger partial charge in [0.15, 0.2) is 0 Å². The fourth-order valence-corrected chi connectivity index (χ4v) is 3.01. The van der Waals surface area contributed by atoms with Gasteiger partial charge in [-0.1, -0.05) is 50.2 Å². The standard InChI is InChI=1S/C25H36O4/c1-19(2)26-17-18-27-24-13-11-23(12-14-24)25(5,6)22-9-7-21(8-10-22)15-16-28-29-20(3)4/h7-14,19-20H,15-18H2,1-6H3. The maximum Gasteiger partial charge on any atom is 0.119 e. The molecule has 2 rings (SSSR count). The lowest BCUT2D eigenvalue weighted by molar-refractivity contribution is -0.316. The molecule has 4 nitrogen and oxygen atoms in total. The van der Waals surface area contributed by atoms with Crippen molar-refractivity contribution in [1.82, 2.24) is 0 Å². The van der Waals surface area contributed by atoms with Gasteiger partial charge in [-0.3, -0.25) is 0 Å². The Labute approximate surface area is 176 Å². The maximum atomic E-state index is 5.76. The van der Waals surface area contributed by atoms with Crippen LogP contribution >= 0.6 is 0 Å². The molecular weight excluding hydrogens is 364 g/mol. The monoisotopic (exact) mass is 400 g/mol. The highest BCUT2D eigenvalue weighted by atomic mass is 17.2. The molecular formula is C25H36O4. The molecule has 160 valence electrons. The fraction of sp³-hybridized carbons (Fsp3) is 0.520. The average Bonchev–Trinajstić information content (AvgIpc) is 2.69. The smallest absolute Gasteiger partial charge is 0.119 e. The van der Waals surface area contributed by atoms with Crippen LogP contribution in [0.2, 0.25) is 0 Å². The van der Waals surface area contributed by atoms with E-state index in [4.69, 9.17) is 19.2 Å². The Hall–Kier alpha value is -1.88. The van der Waals surface area contributed by atoms with Crippen molar-refractivity contribution in [3.8, 4) is 5.75 Å². The van der Waals surface area contributed by atoms with Crippen LogP contribution < -0.4 is 4.74 Å². The van der Waals surface area contributed by atoms with E-state index in [2.05, 4.69) is 50.2 Å². The molecule has 0 aliphatic rings. The van der Waals surface area contributed by atoms with E-state index in [0.29, 0.717) is 19.8 Å². The highest BCUT2D eigenvalue weighted by Gasteiger charge is 2.23. The van der Waals surface area contributed by atoms with Crippen LogP contribution in [0.5, 0.6) is 5.75 Å². The van der Waals surface area contributed by atoms with Gasteiger partial charge < -0.3 is 9.47 Å². The second-order valence-corrected chi connectivity index (χ2v) is 8.33. The lowest BCUT2D eigenvalue weighted by Gasteiger charge is -2.26. The summed E-state index contributed by atoms with van der Waals surface area (Å²) in [5, 5.41) is 0. The summed E-state index contributed by atoms with van der Waals surface area (Å²) in [5.41, 5.74) is 3.68. The first-order valence-electron chi connectivity index (χ1n) is 10.5. The zero-order valence-corrected chi connectivity index (χ0v) is 18.7. The number of benzene rings is 2. The Kier molecular flexibility index (Phi) is 9.15. The summed E-state index contributed by atoms with van der Waals surface area (Å²) in [6.45, 7) is 14.2. The van der Waals surface area contributed by atoms with E-state index < -0.39 is 0 Å². The van der Waals surface area contributed by atoms with Gasteiger partial charge in [0.05, 0.1) is 25.4 Å². The molecule has 0 spiro atoms. The van der Waals surface area contributed by atoms with Crippen molar-refractivity contribution in [3.63, 3.8) is 0 Å². The SMILES string of the molecule is CC(C)OCCOc1ccc(C(C)(C)c2ccc(CCOOC(C)C)cc2)cc1. The van der Waals surface area contributed by atoms with Crippen molar-refractivity contribution in [2.75, 3.05) is 19.8 Å². The van der Waals surface area contributed by atoms with Crippen LogP contribution in [0.1, 0.15) is 58.2 Å². The van der Waals surface area contributed by atoms with Crippen molar-refractivity contribution < 1.29 is 19.2 Å². The lowest BCUT2D eigenvalue weighted by Crippen LogP contribution is -2.19. The van der Waals surface area contributed by atoms with Crippen LogP contribution in [0.4, 0.5) is 0 Å². The second-order valence-electron chi connectivity index (χ2n) is 8.33. The molecule has 0 aromatic heterocycles. The van der Waals surface area contributed by atoms with Gasteiger partial charge in [-0.2, -0.15) is 0 Å². The van der Waals surface area contributed by atoms with Crippen LogP contribution in [0.3, 0.4) is 0 Å². The summed E-state index contributed by atoms with van der Waals surface area (Å²) in [6, 6.07) is 17.1. The Morgan fingerprint density at radius 1 is 0.724 bits per heavy atom. The number of hydrogen-bond acceptors (Lipinski definition) is 4. The molecule has 0 fully saturated rings. The van der Waals surface area contributed by atoms with Gasteiger partial charge in [-0.15, -0.1) is 0 Å². The second kappa shape index (κ2) is 11.3. The highest BCUT2D eigenvalue weighted by molar-refractivity contribution is 5.40. The molecule has 0 radical (unpaired) electrons. The fourth-order valence-electron chi connectivity index (χ4n) is 3.01. The van der Waals surface area contributed by atoms with Gasteiger partial charge in [-0.05, 0) is 62.9 Å². The quantitative estimate of drug-likeness (QED) is 0.260. The molecule has 0 aliphatic heterocycles. The molecule has 0 N–H and O–H groups in total. The molecule has 4 heteroatoms. The summed E-state index contributed by atoms with van der Waals surface area (Å²) in [7, 11) is 0. The minimum absolute atomic E-state index is 0.0864. The number of hydrogen-bond donors (Lipinski definition) is 0. The topological polar surface area (TPSA) is 36.9 Å². The predicted octanol–water partition coefficient (Wildman–Crippen LogP) is 5.72. The first-order chi connectivity index (χ1) is 13.8. The van der Waals surface area contributed by atoms with Crippen LogP contribution in [-0.4, -0.2) is 32.0 Å². The highest BCUT2D eigenvalue weighted by Crippen LogP contribution is 2.32. The van der Waals surface area contributed by atoms with Gasteiger partial charge >= 0.3 is 0 Å². The molecule has 0 unspecified atom stereocenters. The maximum absolute atomic E-state index is 5.76. The molecule has 29 heavy (non-hydrogen) atoms. The Bertz CT molecular complexity index is 641. The zero-order valence-electron chi connectivity index (χ0n) is 18.7. The Morgan fingerprint density at radius 2 is 1.31 bits per heavy atom. The van der Waals surface area contributed by atoms with Gasteiger partial charge in [0, 0.05) is 5.41 Å². The normalized spacial score (nSPS) is 12.0. The van der Waals surface area contributed by atoms with Gasteiger partial charge in [0.25, 0.3) is 0 Å². The molecule has 0 aliphatic carbocycles. The summed E-state index contributed by atoms with van der Waals surface area (Å²) < 4.78 is 11.3. The number of rotatable bonds is 12. The van der Waals surface area contributed by atoms with Gasteiger partial charge in [0.1, 0.15) is 12.4 Å². The average molecular weight is 401 g/mol. The molecule has 0 saturated heterocycles. The van der Waals surface area contributed by atoms with E-state index in [9.17, 15) is 0 Å². The van der Waals surface area contributed by atoms with E-state index in [1.165, 1.54) is 16.7 Å². The summed E-state index contributed by atoms with van der Waals surface area (Å²) >= 11 is 0.